The van der Waals surface area contributed by atoms with Crippen LogP contribution in [0.15, 0.2) is 36.4 Å². The lowest BCUT2D eigenvalue weighted by Crippen LogP contribution is -1.80. The molecule has 0 amide bonds. The van der Waals surface area contributed by atoms with Gasteiger partial charge in [0.1, 0.15) is 0 Å². The molecule has 0 fully saturated rings. The molecule has 2 aromatic rings. The molecule has 2 aromatic carbocycles. The first-order valence-corrected chi connectivity index (χ1v) is 6.84. The van der Waals surface area contributed by atoms with Crippen molar-refractivity contribution in [3.8, 4) is 11.1 Å². The zero-order chi connectivity index (χ0) is 10.4. The van der Waals surface area contributed by atoms with Crippen LogP contribution in [0.4, 0.5) is 0 Å². The molecule has 73 valence electrons. The van der Waals surface area contributed by atoms with Crippen molar-refractivity contribution in [2.24, 2.45) is 0 Å². The van der Waals surface area contributed by atoms with Crippen molar-refractivity contribution in [3.63, 3.8) is 0 Å². The van der Waals surface area contributed by atoms with Crippen LogP contribution in [0, 0.1) is 13.6 Å². The third-order valence-electron chi connectivity index (χ3n) is 2.63. The maximum absolute atomic E-state index is 2.36. The quantitative estimate of drug-likeness (QED) is 0.474. The van der Waals surface area contributed by atoms with Gasteiger partial charge in [-0.2, -0.15) is 0 Å². The summed E-state index contributed by atoms with van der Waals surface area (Å²) >= 11 is 4.73. The summed E-state index contributed by atoms with van der Waals surface area (Å²) in [6.45, 7) is 0. The van der Waals surface area contributed by atoms with Crippen molar-refractivity contribution in [2.45, 2.75) is 0 Å². The van der Waals surface area contributed by atoms with E-state index in [1.54, 1.807) is 0 Å². The predicted molar refractivity (Wildman–Crippen MR) is 79.8 cm³/mol. The lowest BCUT2D eigenvalue weighted by atomic mass is 10.1. The number of benzene rings is 2. The second-order valence-electron chi connectivity index (χ2n) is 3.61. The monoisotopic (exact) mass is 417 g/mol. The van der Waals surface area contributed by atoms with Crippen LogP contribution in [-0.2, 0) is 0 Å². The normalized spacial score (nSPS) is 12.4. The zero-order valence-corrected chi connectivity index (χ0v) is 12.1. The Labute approximate surface area is 116 Å². The number of hydrogen-bond donors (Lipinski definition) is 0. The van der Waals surface area contributed by atoms with Gasteiger partial charge in [-0.1, -0.05) is 12.1 Å². The Morgan fingerprint density at radius 2 is 1.13 bits per heavy atom. The van der Waals surface area contributed by atoms with E-state index in [0.29, 0.717) is 0 Å². The Morgan fingerprint density at radius 1 is 0.667 bits per heavy atom. The Morgan fingerprint density at radius 3 is 1.60 bits per heavy atom. The van der Waals surface area contributed by atoms with Gasteiger partial charge in [0, 0.05) is 13.6 Å². The first kappa shape index (κ1) is 10.1. The minimum absolute atomic E-state index is 1.30. The van der Waals surface area contributed by atoms with Crippen LogP contribution in [-0.4, -0.2) is 0 Å². The Bertz CT molecular complexity index is 495. The summed E-state index contributed by atoms with van der Waals surface area (Å²) in [7, 11) is 0. The second-order valence-corrected chi connectivity index (χ2v) is 6.10. The summed E-state index contributed by atoms with van der Waals surface area (Å²) < 4.78 is 2.60. The van der Waals surface area contributed by atoms with Crippen LogP contribution < -0.4 is 0 Å². The van der Waals surface area contributed by atoms with Gasteiger partial charge in [-0.05, 0) is 91.7 Å². The molecule has 0 bridgehead atoms. The number of rotatable bonds is 0. The molecule has 0 unspecified atom stereocenters. The summed E-state index contributed by atoms with van der Waals surface area (Å²) in [4.78, 5) is 0. The van der Waals surface area contributed by atoms with E-state index in [0.717, 1.165) is 0 Å². The van der Waals surface area contributed by atoms with Gasteiger partial charge in [0.25, 0.3) is 0 Å². The minimum Gasteiger partial charge on any atom is -0.0567 e. The summed E-state index contributed by atoms with van der Waals surface area (Å²) in [5, 5.41) is 0. The highest BCUT2D eigenvalue weighted by atomic mass is 127. The molecule has 1 aliphatic carbocycles. The van der Waals surface area contributed by atoms with Gasteiger partial charge in [0.15, 0.2) is 0 Å². The lowest BCUT2D eigenvalue weighted by molar-refractivity contribution is 1.52. The summed E-state index contributed by atoms with van der Waals surface area (Å²) in [5.41, 5.74) is 5.42. The third kappa shape index (κ3) is 1.71. The molecular weight excluding hydrogens is 410 g/mol. The Balaban J connectivity index is 2.28. The van der Waals surface area contributed by atoms with Crippen molar-refractivity contribution < 1.29 is 0 Å². The van der Waals surface area contributed by atoms with Gasteiger partial charge < -0.3 is 0 Å². The summed E-state index contributed by atoms with van der Waals surface area (Å²) in [5.74, 6) is 0. The van der Waals surface area contributed by atoms with Crippen LogP contribution in [0.1, 0.15) is 11.1 Å². The molecule has 0 aliphatic heterocycles. The van der Waals surface area contributed by atoms with E-state index in [1.165, 1.54) is 29.4 Å². The first-order valence-electron chi connectivity index (χ1n) is 4.68. The fourth-order valence-corrected chi connectivity index (χ4v) is 2.93. The fourth-order valence-electron chi connectivity index (χ4n) is 1.94. The van der Waals surface area contributed by atoms with Crippen LogP contribution in [0.5, 0.6) is 0 Å². The minimum atomic E-state index is 1.30. The maximum atomic E-state index is 2.36. The van der Waals surface area contributed by atoms with Gasteiger partial charge in [-0.25, -0.2) is 0 Å². The smallest absolute Gasteiger partial charge is 0.0211 e. The largest absolute Gasteiger partial charge is 0.0567 e. The number of halogens is 2. The number of fused-ring (bicyclic) bond motifs is 3. The molecule has 0 N–H and O–H groups in total. The lowest BCUT2D eigenvalue weighted by Gasteiger charge is -2.01. The molecule has 0 saturated heterocycles. The van der Waals surface area contributed by atoms with Gasteiger partial charge in [-0.3, -0.25) is 0 Å². The van der Waals surface area contributed by atoms with Crippen molar-refractivity contribution >= 4 is 45.2 Å². The highest BCUT2D eigenvalue weighted by Gasteiger charge is 2.18. The maximum Gasteiger partial charge on any atom is 0.0211 e. The topological polar surface area (TPSA) is 0 Å². The van der Waals surface area contributed by atoms with Gasteiger partial charge in [0.2, 0.25) is 0 Å². The Hall–Kier alpha value is -0.100. The summed E-state index contributed by atoms with van der Waals surface area (Å²) in [6.07, 6.45) is 2.26. The second kappa shape index (κ2) is 3.73. The molecule has 2 heteroatoms. The highest BCUT2D eigenvalue weighted by Crippen LogP contribution is 2.39. The van der Waals surface area contributed by atoms with Crippen molar-refractivity contribution in [1.29, 1.82) is 0 Å². The van der Waals surface area contributed by atoms with Gasteiger partial charge in [0.05, 0.1) is 0 Å². The summed E-state index contributed by atoms with van der Waals surface area (Å²) in [6, 6.07) is 13.2. The fraction of sp³-hybridized carbons (Fsp3) is 0. The van der Waals surface area contributed by atoms with E-state index < -0.39 is 0 Å². The zero-order valence-electron chi connectivity index (χ0n) is 7.80. The molecule has 1 radical (unpaired) electrons. The van der Waals surface area contributed by atoms with E-state index in [9.17, 15) is 0 Å². The molecule has 3 rings (SSSR count). The van der Waals surface area contributed by atoms with Crippen molar-refractivity contribution in [3.05, 3.63) is 61.1 Å². The van der Waals surface area contributed by atoms with Gasteiger partial charge >= 0.3 is 0 Å². The highest BCUT2D eigenvalue weighted by molar-refractivity contribution is 14.1. The van der Waals surface area contributed by atoms with Crippen LogP contribution in [0.25, 0.3) is 11.1 Å². The molecule has 0 aromatic heterocycles. The molecule has 15 heavy (non-hydrogen) atoms. The first-order chi connectivity index (χ1) is 7.24. The van der Waals surface area contributed by atoms with E-state index in [4.69, 9.17) is 0 Å². The van der Waals surface area contributed by atoms with Crippen LogP contribution in [0.2, 0.25) is 0 Å². The van der Waals surface area contributed by atoms with E-state index in [-0.39, 0.29) is 0 Å². The van der Waals surface area contributed by atoms with E-state index in [1.807, 2.05) is 0 Å². The number of hydrogen-bond acceptors (Lipinski definition) is 0. The van der Waals surface area contributed by atoms with Gasteiger partial charge in [-0.15, -0.1) is 0 Å². The predicted octanol–water partition coefficient (Wildman–Crippen LogP) is 4.48. The molecule has 1 aliphatic rings. The Kier molecular flexibility index (Phi) is 2.51. The van der Waals surface area contributed by atoms with E-state index >= 15 is 0 Å². The molecule has 0 spiro atoms. The SMILES string of the molecule is Ic1ccc2c(c1)-c1cc(I)ccc1[CH]2. The standard InChI is InChI=1S/C13H7I2/c14-10-3-1-8-5-9-2-4-11(15)7-13(9)12(8)6-10/h1-7H. The molecule has 0 heterocycles. The molecule has 0 saturated carbocycles. The molecular formula is C13H7I2. The molecule has 0 nitrogen and oxygen atoms in total. The molecule has 0 atom stereocenters. The average Bonchev–Trinajstić information content (AvgIpc) is 2.56. The average molecular weight is 417 g/mol. The van der Waals surface area contributed by atoms with Crippen LogP contribution >= 0.6 is 45.2 Å². The third-order valence-corrected chi connectivity index (χ3v) is 3.97. The van der Waals surface area contributed by atoms with Crippen molar-refractivity contribution in [2.75, 3.05) is 0 Å². The van der Waals surface area contributed by atoms with Crippen LogP contribution in [0.3, 0.4) is 0 Å². The van der Waals surface area contributed by atoms with E-state index in [2.05, 4.69) is 88.0 Å². The van der Waals surface area contributed by atoms with Crippen molar-refractivity contribution in [1.82, 2.24) is 0 Å².